The summed E-state index contributed by atoms with van der Waals surface area (Å²) in [4.78, 5) is 19.7. The van der Waals surface area contributed by atoms with Gasteiger partial charge in [-0.15, -0.1) is 11.3 Å². The van der Waals surface area contributed by atoms with E-state index < -0.39 is 5.91 Å². The van der Waals surface area contributed by atoms with Crippen molar-refractivity contribution in [2.24, 2.45) is 11.7 Å². The van der Waals surface area contributed by atoms with Gasteiger partial charge in [0.1, 0.15) is 11.4 Å². The number of halogens is 1. The van der Waals surface area contributed by atoms with Crippen LogP contribution < -0.4 is 11.1 Å². The molecule has 3 N–H and O–H groups in total. The Morgan fingerprint density at radius 3 is 2.84 bits per heavy atom. The van der Waals surface area contributed by atoms with Gasteiger partial charge in [-0.05, 0) is 37.6 Å². The van der Waals surface area contributed by atoms with E-state index in [-0.39, 0.29) is 23.3 Å². The van der Waals surface area contributed by atoms with Crippen LogP contribution in [-0.2, 0) is 6.54 Å². The molecule has 0 unspecified atom stereocenters. The highest BCUT2D eigenvalue weighted by molar-refractivity contribution is 7.11. The van der Waals surface area contributed by atoms with Crippen LogP contribution in [0.5, 0.6) is 0 Å². The fourth-order valence-electron chi connectivity index (χ4n) is 3.80. The van der Waals surface area contributed by atoms with E-state index >= 15 is 0 Å². The minimum atomic E-state index is -0.623. The molecule has 1 aromatic carbocycles. The lowest BCUT2D eigenvalue weighted by atomic mass is 9.93. The van der Waals surface area contributed by atoms with Gasteiger partial charge in [-0.3, -0.25) is 14.4 Å². The van der Waals surface area contributed by atoms with E-state index in [1.54, 1.807) is 34.3 Å². The van der Waals surface area contributed by atoms with Crippen LogP contribution in [0.25, 0.3) is 0 Å². The summed E-state index contributed by atoms with van der Waals surface area (Å²) in [5.41, 5.74) is 6.35. The number of hydrogen-bond donors (Lipinski definition) is 2. The largest absolute Gasteiger partial charge is 0.365 e. The van der Waals surface area contributed by atoms with Crippen molar-refractivity contribution in [3.8, 4) is 6.07 Å². The molecule has 4 rings (SSSR count). The number of benzene rings is 1. The zero-order chi connectivity index (χ0) is 22.0. The van der Waals surface area contributed by atoms with Crippen LogP contribution in [0.1, 0.15) is 32.7 Å². The highest BCUT2D eigenvalue weighted by atomic mass is 32.1. The number of piperidine rings is 1. The standard InChI is InChI=1S/C21H22FN7OS/c1-13-25-9-17(31-13)11-28-7-6-19(14(8-23)10-28)29-12-18(20(24)30)21(27-29)26-16-4-2-15(22)3-5-16/h2-5,9,12,14,19H,6-7,10-11H2,1H3,(H2,24,30)(H,26,27)/t14-,19+/m0/s1. The average molecular weight is 440 g/mol. The van der Waals surface area contributed by atoms with Crippen LogP contribution in [0.2, 0.25) is 0 Å². The lowest BCUT2D eigenvalue weighted by Gasteiger charge is -2.35. The summed E-state index contributed by atoms with van der Waals surface area (Å²) < 4.78 is 14.8. The maximum atomic E-state index is 13.2. The lowest BCUT2D eigenvalue weighted by molar-refractivity contribution is 0.100. The number of amides is 1. The topological polar surface area (TPSA) is 113 Å². The number of nitriles is 1. The molecule has 160 valence electrons. The van der Waals surface area contributed by atoms with E-state index in [0.29, 0.717) is 24.5 Å². The van der Waals surface area contributed by atoms with Crippen molar-refractivity contribution in [3.05, 3.63) is 57.9 Å². The molecule has 1 fully saturated rings. The van der Waals surface area contributed by atoms with Crippen molar-refractivity contribution in [2.45, 2.75) is 25.9 Å². The number of aryl methyl sites for hydroxylation is 1. The molecular weight excluding hydrogens is 417 g/mol. The average Bonchev–Trinajstić information content (AvgIpc) is 3.35. The molecule has 1 saturated heterocycles. The molecule has 3 heterocycles. The Kier molecular flexibility index (Phi) is 5.97. The van der Waals surface area contributed by atoms with Crippen molar-refractivity contribution in [2.75, 3.05) is 18.4 Å². The number of rotatable bonds is 6. The predicted octanol–water partition coefficient (Wildman–Crippen LogP) is 3.22. The molecule has 8 nitrogen and oxygen atoms in total. The molecule has 2 aromatic heterocycles. The van der Waals surface area contributed by atoms with Crippen LogP contribution in [0, 0.1) is 30.0 Å². The molecular formula is C21H22FN7OS. The highest BCUT2D eigenvalue weighted by Gasteiger charge is 2.32. The molecule has 1 aliphatic rings. The van der Waals surface area contributed by atoms with Crippen LogP contribution in [0.3, 0.4) is 0 Å². The lowest BCUT2D eigenvalue weighted by Crippen LogP contribution is -2.40. The number of thiazole rings is 1. The Labute approximate surface area is 183 Å². The quantitative estimate of drug-likeness (QED) is 0.610. The zero-order valence-corrected chi connectivity index (χ0v) is 17.8. The first-order valence-corrected chi connectivity index (χ1v) is 10.7. The SMILES string of the molecule is Cc1ncc(CN2CC[C@@H](n3cc(C(N)=O)c(Nc4ccc(F)cc4)n3)[C@@H](C#N)C2)s1. The van der Waals surface area contributed by atoms with Crippen LogP contribution in [0.4, 0.5) is 15.9 Å². The first-order valence-electron chi connectivity index (χ1n) is 9.87. The number of hydrogen-bond acceptors (Lipinski definition) is 7. The third-order valence-corrected chi connectivity index (χ3v) is 6.22. The van der Waals surface area contributed by atoms with Gasteiger partial charge in [-0.1, -0.05) is 0 Å². The smallest absolute Gasteiger partial charge is 0.254 e. The van der Waals surface area contributed by atoms with Gasteiger partial charge in [0.25, 0.3) is 5.91 Å². The number of nitrogens with two attached hydrogens (primary N) is 1. The number of anilines is 2. The zero-order valence-electron chi connectivity index (χ0n) is 17.0. The summed E-state index contributed by atoms with van der Waals surface area (Å²) >= 11 is 1.66. The normalized spacial score (nSPS) is 19.1. The summed E-state index contributed by atoms with van der Waals surface area (Å²) in [6.45, 7) is 4.14. The minimum Gasteiger partial charge on any atom is -0.365 e. The number of likely N-dealkylation sites (tertiary alicyclic amines) is 1. The summed E-state index contributed by atoms with van der Waals surface area (Å²) in [6, 6.07) is 7.95. The molecule has 3 aromatic rings. The molecule has 0 spiro atoms. The van der Waals surface area contributed by atoms with Crippen molar-refractivity contribution in [3.63, 3.8) is 0 Å². The Hall–Kier alpha value is -3.29. The molecule has 0 radical (unpaired) electrons. The number of carbonyl (C=O) groups excluding carboxylic acids is 1. The summed E-state index contributed by atoms with van der Waals surface area (Å²) in [5, 5.41) is 18.3. The molecule has 31 heavy (non-hydrogen) atoms. The molecule has 0 aliphatic carbocycles. The molecule has 0 bridgehead atoms. The molecule has 1 aliphatic heterocycles. The van der Waals surface area contributed by atoms with Gasteiger partial charge in [0.2, 0.25) is 0 Å². The van der Waals surface area contributed by atoms with E-state index in [9.17, 15) is 14.4 Å². The monoisotopic (exact) mass is 439 g/mol. The highest BCUT2D eigenvalue weighted by Crippen LogP contribution is 2.31. The second-order valence-corrected chi connectivity index (χ2v) is 8.86. The molecule has 1 amide bonds. The van der Waals surface area contributed by atoms with E-state index in [0.717, 1.165) is 18.1 Å². The maximum Gasteiger partial charge on any atom is 0.254 e. The van der Waals surface area contributed by atoms with Gasteiger partial charge in [0.05, 0.1) is 23.0 Å². The molecule has 0 saturated carbocycles. The van der Waals surface area contributed by atoms with E-state index in [2.05, 4.69) is 26.4 Å². The summed E-state index contributed by atoms with van der Waals surface area (Å²) in [7, 11) is 0. The van der Waals surface area contributed by atoms with Crippen LogP contribution in [0.15, 0.2) is 36.7 Å². The first-order chi connectivity index (χ1) is 14.9. The second-order valence-electron chi connectivity index (χ2n) is 7.54. The maximum absolute atomic E-state index is 13.2. The Morgan fingerprint density at radius 1 is 1.42 bits per heavy atom. The fraction of sp³-hybridized carbons (Fsp3) is 0.333. The number of nitrogens with one attached hydrogen (secondary N) is 1. The van der Waals surface area contributed by atoms with Crippen LogP contribution in [-0.4, -0.2) is 38.7 Å². The molecule has 2 atom stereocenters. The number of primary amides is 1. The first kappa shape index (κ1) is 21.0. The Morgan fingerprint density at radius 2 is 2.19 bits per heavy atom. The fourth-order valence-corrected chi connectivity index (χ4v) is 4.63. The minimum absolute atomic E-state index is 0.175. The van der Waals surface area contributed by atoms with Crippen LogP contribution >= 0.6 is 11.3 Å². The van der Waals surface area contributed by atoms with Gasteiger partial charge in [-0.25, -0.2) is 9.37 Å². The van der Waals surface area contributed by atoms with E-state index in [4.69, 9.17) is 5.73 Å². The van der Waals surface area contributed by atoms with Crippen molar-refractivity contribution in [1.29, 1.82) is 5.26 Å². The van der Waals surface area contributed by atoms with Gasteiger partial charge in [0.15, 0.2) is 5.82 Å². The van der Waals surface area contributed by atoms with E-state index in [1.165, 1.54) is 17.0 Å². The van der Waals surface area contributed by atoms with Gasteiger partial charge >= 0.3 is 0 Å². The number of carbonyl (C=O) groups is 1. The molecule has 10 heteroatoms. The van der Waals surface area contributed by atoms with Crippen molar-refractivity contribution in [1.82, 2.24) is 19.7 Å². The third kappa shape index (κ3) is 4.73. The predicted molar refractivity (Wildman–Crippen MR) is 115 cm³/mol. The third-order valence-electron chi connectivity index (χ3n) is 5.32. The van der Waals surface area contributed by atoms with Gasteiger partial charge in [0, 0.05) is 42.6 Å². The van der Waals surface area contributed by atoms with Gasteiger partial charge < -0.3 is 11.1 Å². The summed E-state index contributed by atoms with van der Waals surface area (Å²) in [6.07, 6.45) is 4.19. The number of nitrogens with zero attached hydrogens (tertiary/aromatic N) is 5. The Bertz CT molecular complexity index is 1120. The Balaban J connectivity index is 1.52. The van der Waals surface area contributed by atoms with Crippen molar-refractivity contribution < 1.29 is 9.18 Å². The van der Waals surface area contributed by atoms with E-state index in [1.807, 2.05) is 13.1 Å². The van der Waals surface area contributed by atoms with Crippen molar-refractivity contribution >= 4 is 28.7 Å². The second kappa shape index (κ2) is 8.83. The number of aromatic nitrogens is 3. The van der Waals surface area contributed by atoms with Gasteiger partial charge in [-0.2, -0.15) is 10.4 Å². The summed E-state index contributed by atoms with van der Waals surface area (Å²) in [5.74, 6) is -0.980.